The van der Waals surface area contributed by atoms with Crippen LogP contribution in [0.3, 0.4) is 0 Å². The quantitative estimate of drug-likeness (QED) is 0.691. The number of carboxylic acid groups (broad SMARTS) is 1. The Morgan fingerprint density at radius 3 is 2.72 bits per heavy atom. The normalized spacial score (nSPS) is 20.8. The van der Waals surface area contributed by atoms with Gasteiger partial charge in [0.1, 0.15) is 11.8 Å². The van der Waals surface area contributed by atoms with Gasteiger partial charge >= 0.3 is 6.09 Å². The summed E-state index contributed by atoms with van der Waals surface area (Å²) in [6.45, 7) is 0. The van der Waals surface area contributed by atoms with E-state index in [1.54, 1.807) is 25.3 Å². The molecule has 2 amide bonds. The maximum absolute atomic E-state index is 12.6. The number of halogens is 1. The third-order valence-electron chi connectivity index (χ3n) is 4.34. The molecule has 0 bridgehead atoms. The molecule has 7 nitrogen and oxygen atoms in total. The Hall–Kier alpha value is -2.27. The number of carbonyl (C=O) groups excluding carboxylic acids is 1. The topological polar surface area (TPSA) is 111 Å². The van der Waals surface area contributed by atoms with Crippen molar-refractivity contribution in [2.24, 2.45) is 5.92 Å². The molecule has 1 aliphatic carbocycles. The van der Waals surface area contributed by atoms with E-state index >= 15 is 0 Å². The fourth-order valence-corrected chi connectivity index (χ4v) is 3.64. The highest BCUT2D eigenvalue weighted by Crippen LogP contribution is 2.29. The van der Waals surface area contributed by atoms with Crippen molar-refractivity contribution in [2.75, 3.05) is 7.11 Å². The number of benzene rings is 1. The zero-order valence-electron chi connectivity index (χ0n) is 13.8. The Kier molecular flexibility index (Phi) is 6.65. The molecule has 0 spiro atoms. The van der Waals surface area contributed by atoms with E-state index in [1.807, 2.05) is 0 Å². The lowest BCUT2D eigenvalue weighted by atomic mass is 9.83. The minimum atomic E-state index is -1.14. The Morgan fingerprint density at radius 2 is 2.12 bits per heavy atom. The number of ether oxygens (including phenoxy) is 1. The van der Waals surface area contributed by atoms with E-state index < -0.39 is 24.1 Å². The number of nitriles is 1. The summed E-state index contributed by atoms with van der Waals surface area (Å²) in [6, 6.07) is 5.99. The van der Waals surface area contributed by atoms with Gasteiger partial charge in [0.05, 0.1) is 23.6 Å². The molecule has 1 aromatic carbocycles. The molecule has 25 heavy (non-hydrogen) atoms. The van der Waals surface area contributed by atoms with Crippen molar-refractivity contribution in [2.45, 2.75) is 37.8 Å². The fourth-order valence-electron chi connectivity index (χ4n) is 3.08. The second kappa shape index (κ2) is 8.72. The molecular weight excluding hydrogens is 390 g/mol. The average molecular weight is 410 g/mol. The molecule has 3 unspecified atom stereocenters. The van der Waals surface area contributed by atoms with Crippen LogP contribution in [0.2, 0.25) is 0 Å². The summed E-state index contributed by atoms with van der Waals surface area (Å²) >= 11 is 3.36. The van der Waals surface area contributed by atoms with Gasteiger partial charge in [0.25, 0.3) is 0 Å². The maximum atomic E-state index is 12.6. The van der Waals surface area contributed by atoms with E-state index in [4.69, 9.17) is 9.84 Å². The molecule has 134 valence electrons. The number of methoxy groups -OCH3 is 1. The number of nitrogens with zero attached hydrogens (tertiary/aromatic N) is 1. The maximum Gasteiger partial charge on any atom is 0.404 e. The van der Waals surface area contributed by atoms with Gasteiger partial charge in [-0.05, 0) is 46.5 Å². The molecule has 1 saturated carbocycles. The second-order valence-electron chi connectivity index (χ2n) is 5.91. The van der Waals surface area contributed by atoms with Crippen molar-refractivity contribution in [3.8, 4) is 11.8 Å². The molecule has 0 saturated heterocycles. The molecule has 0 heterocycles. The van der Waals surface area contributed by atoms with Crippen LogP contribution in [0.4, 0.5) is 4.79 Å². The molecule has 2 rings (SSSR count). The van der Waals surface area contributed by atoms with Gasteiger partial charge in [-0.2, -0.15) is 5.26 Å². The highest BCUT2D eigenvalue weighted by atomic mass is 79.9. The molecule has 0 radical (unpaired) electrons. The van der Waals surface area contributed by atoms with Crippen molar-refractivity contribution in [1.82, 2.24) is 10.6 Å². The van der Waals surface area contributed by atoms with E-state index in [2.05, 4.69) is 32.6 Å². The van der Waals surface area contributed by atoms with Crippen LogP contribution in [-0.2, 0) is 4.79 Å². The molecule has 1 aliphatic rings. The lowest BCUT2D eigenvalue weighted by Crippen LogP contribution is -2.48. The van der Waals surface area contributed by atoms with Gasteiger partial charge in [0.2, 0.25) is 5.91 Å². The third kappa shape index (κ3) is 4.86. The molecule has 3 atom stereocenters. The predicted octanol–water partition coefficient (Wildman–Crippen LogP) is 2.96. The Morgan fingerprint density at radius 1 is 1.40 bits per heavy atom. The summed E-state index contributed by atoms with van der Waals surface area (Å²) < 4.78 is 5.84. The van der Waals surface area contributed by atoms with Crippen LogP contribution in [0.5, 0.6) is 5.75 Å². The number of hydrogen-bond donors (Lipinski definition) is 3. The van der Waals surface area contributed by atoms with Crippen LogP contribution in [0.1, 0.15) is 37.3 Å². The first-order chi connectivity index (χ1) is 12.0. The van der Waals surface area contributed by atoms with Crippen molar-refractivity contribution >= 4 is 27.9 Å². The van der Waals surface area contributed by atoms with Crippen molar-refractivity contribution in [3.05, 3.63) is 28.2 Å². The largest absolute Gasteiger partial charge is 0.496 e. The number of amides is 2. The summed E-state index contributed by atoms with van der Waals surface area (Å²) in [5.41, 5.74) is 0.627. The van der Waals surface area contributed by atoms with Gasteiger partial charge in [0.15, 0.2) is 0 Å². The van der Waals surface area contributed by atoms with Gasteiger partial charge in [-0.1, -0.05) is 18.9 Å². The molecule has 0 aromatic heterocycles. The first-order valence-electron chi connectivity index (χ1n) is 7.99. The van der Waals surface area contributed by atoms with Crippen LogP contribution >= 0.6 is 15.9 Å². The van der Waals surface area contributed by atoms with E-state index in [9.17, 15) is 14.9 Å². The zero-order valence-corrected chi connectivity index (χ0v) is 15.4. The molecule has 1 fully saturated rings. The summed E-state index contributed by atoms with van der Waals surface area (Å²) in [5, 5.41) is 23.5. The predicted molar refractivity (Wildman–Crippen MR) is 94.1 cm³/mol. The van der Waals surface area contributed by atoms with E-state index in [1.165, 1.54) is 0 Å². The van der Waals surface area contributed by atoms with Gasteiger partial charge in [0, 0.05) is 6.04 Å². The van der Waals surface area contributed by atoms with Crippen LogP contribution in [0, 0.1) is 17.2 Å². The first-order valence-corrected chi connectivity index (χ1v) is 8.78. The number of nitrogens with one attached hydrogen (secondary N) is 2. The monoisotopic (exact) mass is 409 g/mol. The lowest BCUT2D eigenvalue weighted by molar-refractivity contribution is -0.127. The molecule has 8 heteroatoms. The summed E-state index contributed by atoms with van der Waals surface area (Å²) in [5.74, 6) is -0.149. The Labute approximate surface area is 154 Å². The smallest absolute Gasteiger partial charge is 0.404 e. The number of rotatable bonds is 5. The van der Waals surface area contributed by atoms with Crippen molar-refractivity contribution in [3.63, 3.8) is 0 Å². The molecular formula is C17H20BrN3O4. The second-order valence-corrected chi connectivity index (χ2v) is 6.77. The van der Waals surface area contributed by atoms with Gasteiger partial charge in [-0.3, -0.25) is 4.79 Å². The standard InChI is InChI=1S/C17H20BrN3O4/c1-25-15-7-6-10(8-12(15)18)14(9-19)20-16(22)11-4-2-3-5-13(11)21-17(23)24/h6-8,11,13-14,21H,2-5H2,1H3,(H,20,22)(H,23,24). The average Bonchev–Trinajstić information content (AvgIpc) is 2.59. The minimum Gasteiger partial charge on any atom is -0.496 e. The third-order valence-corrected chi connectivity index (χ3v) is 4.96. The van der Waals surface area contributed by atoms with Crippen LogP contribution in [0.15, 0.2) is 22.7 Å². The minimum absolute atomic E-state index is 0.308. The fraction of sp³-hybridized carbons (Fsp3) is 0.471. The summed E-state index contributed by atoms with van der Waals surface area (Å²) in [4.78, 5) is 23.5. The zero-order chi connectivity index (χ0) is 18.4. The Bertz CT molecular complexity index is 689. The SMILES string of the molecule is COc1ccc(C(C#N)NC(=O)C2CCCCC2NC(=O)O)cc1Br. The molecule has 0 aliphatic heterocycles. The van der Waals surface area contributed by atoms with Crippen LogP contribution in [-0.4, -0.2) is 30.3 Å². The first kappa shape index (κ1) is 19.1. The van der Waals surface area contributed by atoms with Gasteiger partial charge in [-0.25, -0.2) is 4.79 Å². The highest BCUT2D eigenvalue weighted by Gasteiger charge is 2.33. The Balaban J connectivity index is 2.12. The van der Waals surface area contributed by atoms with E-state index in [0.717, 1.165) is 12.8 Å². The van der Waals surface area contributed by atoms with Crippen LogP contribution in [0.25, 0.3) is 0 Å². The van der Waals surface area contributed by atoms with Gasteiger partial charge in [-0.15, -0.1) is 0 Å². The number of carbonyl (C=O) groups is 2. The van der Waals surface area contributed by atoms with Gasteiger partial charge < -0.3 is 20.5 Å². The van der Waals surface area contributed by atoms with E-state index in [-0.39, 0.29) is 5.91 Å². The lowest BCUT2D eigenvalue weighted by Gasteiger charge is -2.31. The molecule has 1 aromatic rings. The summed E-state index contributed by atoms with van der Waals surface area (Å²) in [6.07, 6.45) is 1.82. The molecule has 3 N–H and O–H groups in total. The summed E-state index contributed by atoms with van der Waals surface area (Å²) in [7, 11) is 1.54. The van der Waals surface area contributed by atoms with Crippen molar-refractivity contribution in [1.29, 1.82) is 5.26 Å². The van der Waals surface area contributed by atoms with Crippen LogP contribution < -0.4 is 15.4 Å². The van der Waals surface area contributed by atoms with Crippen molar-refractivity contribution < 1.29 is 19.4 Å². The highest BCUT2D eigenvalue weighted by molar-refractivity contribution is 9.10. The van der Waals surface area contributed by atoms with E-state index in [0.29, 0.717) is 28.6 Å². The number of hydrogen-bond acceptors (Lipinski definition) is 4.